The van der Waals surface area contributed by atoms with E-state index in [1.54, 1.807) is 6.21 Å². The van der Waals surface area contributed by atoms with E-state index in [0.717, 1.165) is 25.7 Å². The lowest BCUT2D eigenvalue weighted by molar-refractivity contribution is -0.121. The van der Waals surface area contributed by atoms with Crippen LogP contribution in [0.4, 0.5) is 0 Å². The van der Waals surface area contributed by atoms with Gasteiger partial charge in [-0.1, -0.05) is 26.7 Å². The predicted octanol–water partition coefficient (Wildman–Crippen LogP) is 2.08. The highest BCUT2D eigenvalue weighted by Crippen LogP contribution is 1.92. The van der Waals surface area contributed by atoms with Gasteiger partial charge >= 0.3 is 0 Å². The minimum atomic E-state index is 0.0178. The number of hydrogen-bond acceptors (Lipinski definition) is 2. The number of carbonyl (C=O) groups is 1. The number of nitrogens with zero attached hydrogens (tertiary/aromatic N) is 1. The average molecular weight is 170 g/mol. The number of carbonyl (C=O) groups excluding carboxylic acids is 1. The van der Waals surface area contributed by atoms with Crippen LogP contribution in [0.5, 0.6) is 0 Å². The van der Waals surface area contributed by atoms with E-state index in [2.05, 4.69) is 24.4 Å². The second kappa shape index (κ2) is 8.24. The Morgan fingerprint density at radius 1 is 1.42 bits per heavy atom. The normalized spacial score (nSPS) is 10.5. The summed E-state index contributed by atoms with van der Waals surface area (Å²) in [6, 6.07) is 0. The molecule has 0 atom stereocenters. The van der Waals surface area contributed by atoms with E-state index in [4.69, 9.17) is 0 Å². The van der Waals surface area contributed by atoms with Crippen LogP contribution in [0.3, 0.4) is 0 Å². The van der Waals surface area contributed by atoms with Gasteiger partial charge in [0.15, 0.2) is 0 Å². The Hall–Kier alpha value is -0.860. The maximum absolute atomic E-state index is 10.9. The van der Waals surface area contributed by atoms with Crippen molar-refractivity contribution in [2.24, 2.45) is 5.10 Å². The van der Waals surface area contributed by atoms with Crippen LogP contribution >= 0.6 is 0 Å². The molecule has 0 aliphatic heterocycles. The van der Waals surface area contributed by atoms with Gasteiger partial charge in [-0.05, 0) is 12.8 Å². The fourth-order valence-electron chi connectivity index (χ4n) is 0.705. The molecule has 3 heteroatoms. The SMILES string of the molecule is CCC/C=N/NC(=O)CCCC. The van der Waals surface area contributed by atoms with Crippen molar-refractivity contribution in [2.75, 3.05) is 0 Å². The minimum Gasteiger partial charge on any atom is -0.273 e. The standard InChI is InChI=1S/C9H18N2O/c1-3-5-7-9(12)11-10-8-6-4-2/h8H,3-7H2,1-2H3,(H,11,12)/b10-8+. The average Bonchev–Trinajstić information content (AvgIpc) is 2.09. The quantitative estimate of drug-likeness (QED) is 0.481. The van der Waals surface area contributed by atoms with Gasteiger partial charge in [-0.2, -0.15) is 5.10 Å². The molecule has 0 bridgehead atoms. The Morgan fingerprint density at radius 2 is 2.17 bits per heavy atom. The Kier molecular flexibility index (Phi) is 7.65. The van der Waals surface area contributed by atoms with Crippen LogP contribution in [-0.4, -0.2) is 12.1 Å². The van der Waals surface area contributed by atoms with E-state index in [1.807, 2.05) is 0 Å². The van der Waals surface area contributed by atoms with Crippen molar-refractivity contribution >= 4 is 12.1 Å². The highest BCUT2D eigenvalue weighted by molar-refractivity contribution is 5.76. The van der Waals surface area contributed by atoms with Crippen molar-refractivity contribution < 1.29 is 4.79 Å². The molecule has 0 spiro atoms. The Bertz CT molecular complexity index is 143. The molecule has 0 saturated carbocycles. The molecule has 0 aromatic heterocycles. The molecule has 0 unspecified atom stereocenters. The summed E-state index contributed by atoms with van der Waals surface area (Å²) in [5.74, 6) is 0.0178. The van der Waals surface area contributed by atoms with Crippen LogP contribution in [0.15, 0.2) is 5.10 Å². The molecule has 3 nitrogen and oxygen atoms in total. The summed E-state index contributed by atoms with van der Waals surface area (Å²) in [4.78, 5) is 10.9. The molecule has 0 rings (SSSR count). The van der Waals surface area contributed by atoms with Crippen LogP contribution in [0.2, 0.25) is 0 Å². The van der Waals surface area contributed by atoms with Crippen LogP contribution in [0.1, 0.15) is 46.0 Å². The number of hydrazone groups is 1. The van der Waals surface area contributed by atoms with Crippen molar-refractivity contribution in [3.63, 3.8) is 0 Å². The fraction of sp³-hybridized carbons (Fsp3) is 0.778. The summed E-state index contributed by atoms with van der Waals surface area (Å²) in [6.45, 7) is 4.14. The van der Waals surface area contributed by atoms with E-state index in [9.17, 15) is 4.79 Å². The van der Waals surface area contributed by atoms with Crippen LogP contribution in [0, 0.1) is 0 Å². The first-order valence-electron chi connectivity index (χ1n) is 4.61. The first-order valence-corrected chi connectivity index (χ1v) is 4.61. The summed E-state index contributed by atoms with van der Waals surface area (Å²) in [7, 11) is 0. The summed E-state index contributed by atoms with van der Waals surface area (Å²) in [5.41, 5.74) is 2.48. The van der Waals surface area contributed by atoms with Crippen molar-refractivity contribution in [1.82, 2.24) is 5.43 Å². The lowest BCUT2D eigenvalue weighted by atomic mass is 10.2. The van der Waals surface area contributed by atoms with Crippen molar-refractivity contribution in [3.8, 4) is 0 Å². The first-order chi connectivity index (χ1) is 5.81. The van der Waals surface area contributed by atoms with E-state index >= 15 is 0 Å². The number of hydrogen-bond donors (Lipinski definition) is 1. The molecule has 0 aliphatic rings. The molecule has 0 fully saturated rings. The Labute approximate surface area is 74.2 Å². The molecular weight excluding hydrogens is 152 g/mol. The van der Waals surface area contributed by atoms with E-state index in [-0.39, 0.29) is 5.91 Å². The summed E-state index contributed by atoms with van der Waals surface area (Å²) >= 11 is 0. The number of amides is 1. The number of rotatable bonds is 6. The largest absolute Gasteiger partial charge is 0.273 e. The lowest BCUT2D eigenvalue weighted by Crippen LogP contribution is -2.16. The van der Waals surface area contributed by atoms with Gasteiger partial charge in [-0.25, -0.2) is 5.43 Å². The summed E-state index contributed by atoms with van der Waals surface area (Å²) in [6.07, 6.45) is 6.30. The highest BCUT2D eigenvalue weighted by atomic mass is 16.2. The van der Waals surface area contributed by atoms with Crippen molar-refractivity contribution in [1.29, 1.82) is 0 Å². The molecule has 1 amide bonds. The smallest absolute Gasteiger partial charge is 0.240 e. The minimum absolute atomic E-state index is 0.0178. The van der Waals surface area contributed by atoms with Crippen LogP contribution in [-0.2, 0) is 4.79 Å². The van der Waals surface area contributed by atoms with Gasteiger partial charge in [0.2, 0.25) is 5.91 Å². The molecule has 0 aromatic rings. The van der Waals surface area contributed by atoms with Gasteiger partial charge in [0.25, 0.3) is 0 Å². The van der Waals surface area contributed by atoms with Crippen LogP contribution in [0.25, 0.3) is 0 Å². The molecular formula is C9H18N2O. The van der Waals surface area contributed by atoms with Crippen molar-refractivity contribution in [2.45, 2.75) is 46.0 Å². The summed E-state index contributed by atoms with van der Waals surface area (Å²) < 4.78 is 0. The molecule has 0 aromatic carbocycles. The van der Waals surface area contributed by atoms with Crippen molar-refractivity contribution in [3.05, 3.63) is 0 Å². The van der Waals surface area contributed by atoms with Gasteiger partial charge < -0.3 is 0 Å². The third kappa shape index (κ3) is 7.25. The first kappa shape index (κ1) is 11.1. The third-order valence-corrected chi connectivity index (χ3v) is 1.46. The monoisotopic (exact) mass is 170 g/mol. The molecule has 1 N–H and O–H groups in total. The maximum Gasteiger partial charge on any atom is 0.240 e. The Balaban J connectivity index is 3.30. The summed E-state index contributed by atoms with van der Waals surface area (Å²) in [5, 5.41) is 3.79. The number of unbranched alkanes of at least 4 members (excludes halogenated alkanes) is 2. The maximum atomic E-state index is 10.9. The molecule has 0 radical (unpaired) electrons. The predicted molar refractivity (Wildman–Crippen MR) is 51.1 cm³/mol. The number of nitrogens with one attached hydrogen (secondary N) is 1. The van der Waals surface area contributed by atoms with Crippen LogP contribution < -0.4 is 5.43 Å². The highest BCUT2D eigenvalue weighted by Gasteiger charge is 1.95. The zero-order chi connectivity index (χ0) is 9.23. The van der Waals surface area contributed by atoms with Gasteiger partial charge in [-0.3, -0.25) is 4.79 Å². The lowest BCUT2D eigenvalue weighted by Gasteiger charge is -1.96. The van der Waals surface area contributed by atoms with Gasteiger partial charge in [0, 0.05) is 12.6 Å². The molecule has 0 aliphatic carbocycles. The zero-order valence-corrected chi connectivity index (χ0v) is 7.97. The second-order valence-electron chi connectivity index (χ2n) is 2.74. The molecule has 70 valence electrons. The second-order valence-corrected chi connectivity index (χ2v) is 2.74. The van der Waals surface area contributed by atoms with Gasteiger partial charge in [0.1, 0.15) is 0 Å². The third-order valence-electron chi connectivity index (χ3n) is 1.46. The topological polar surface area (TPSA) is 41.5 Å². The fourth-order valence-corrected chi connectivity index (χ4v) is 0.705. The molecule has 12 heavy (non-hydrogen) atoms. The molecule has 0 saturated heterocycles. The van der Waals surface area contributed by atoms with Gasteiger partial charge in [-0.15, -0.1) is 0 Å². The van der Waals surface area contributed by atoms with Gasteiger partial charge in [0.05, 0.1) is 0 Å². The van der Waals surface area contributed by atoms with E-state index in [1.165, 1.54) is 0 Å². The Morgan fingerprint density at radius 3 is 2.75 bits per heavy atom. The zero-order valence-electron chi connectivity index (χ0n) is 7.97. The van der Waals surface area contributed by atoms with E-state index < -0.39 is 0 Å². The van der Waals surface area contributed by atoms with E-state index in [0.29, 0.717) is 6.42 Å². The molecule has 0 heterocycles.